The average Bonchev–Trinajstić information content (AvgIpc) is 2.71. The number of nitrogens with two attached hydrogens (primary N) is 1. The number of hydrogen-bond acceptors (Lipinski definition) is 5. The molecular weight excluding hydrogens is 405 g/mol. The maximum Gasteiger partial charge on any atom is 0.416 e. The lowest BCUT2D eigenvalue weighted by Gasteiger charge is -2.31. The minimum Gasteiger partial charge on any atom is -0.491 e. The van der Waals surface area contributed by atoms with Crippen molar-refractivity contribution in [1.29, 1.82) is 0 Å². The van der Waals surface area contributed by atoms with Gasteiger partial charge in [-0.3, -0.25) is 4.99 Å². The summed E-state index contributed by atoms with van der Waals surface area (Å²) in [7, 11) is 0. The predicted molar refractivity (Wildman–Crippen MR) is 104 cm³/mol. The highest BCUT2D eigenvalue weighted by molar-refractivity contribution is 5.78. The number of likely N-dealkylation sites (tertiary alicyclic amines) is 1. The summed E-state index contributed by atoms with van der Waals surface area (Å²) in [4.78, 5) is 17.4. The lowest BCUT2D eigenvalue weighted by Crippen LogP contribution is -2.48. The predicted octanol–water partition coefficient (Wildman–Crippen LogP) is 1.97. The molecule has 1 atom stereocenters. The number of amides is 1. The summed E-state index contributed by atoms with van der Waals surface area (Å²) >= 11 is 0. The third-order valence-electron chi connectivity index (χ3n) is 4.47. The molecular formula is C19H27F3N4O4. The van der Waals surface area contributed by atoms with E-state index >= 15 is 0 Å². The number of aliphatic imine (C=N–C) groups is 1. The van der Waals surface area contributed by atoms with E-state index in [-0.39, 0.29) is 37.0 Å². The number of nitrogens with zero attached hydrogens (tertiary/aromatic N) is 2. The molecule has 0 aromatic heterocycles. The second-order valence-electron chi connectivity index (χ2n) is 6.82. The molecule has 168 valence electrons. The Balaban J connectivity index is 1.69. The summed E-state index contributed by atoms with van der Waals surface area (Å²) in [6, 6.07) is 4.26. The standard InChI is InChI=1S/C19H27F3N4O4/c1-2-29-18(28)26-9-7-14(8-10-26)25-17(23)24-11-15(27)12-30-16-5-3-13(4-6-16)19(20,21)22/h3-6,14-15,27H,2,7-12H2,1H3,(H3,23,24,25). The molecule has 1 aromatic rings. The van der Waals surface area contributed by atoms with Gasteiger partial charge in [0.15, 0.2) is 5.96 Å². The normalized spacial score (nSPS) is 16.8. The Bertz CT molecular complexity index is 705. The van der Waals surface area contributed by atoms with Crippen LogP contribution in [0.1, 0.15) is 25.3 Å². The number of carbonyl (C=O) groups is 1. The molecule has 4 N–H and O–H groups in total. The van der Waals surface area contributed by atoms with Crippen molar-refractivity contribution in [1.82, 2.24) is 10.2 Å². The smallest absolute Gasteiger partial charge is 0.416 e. The SMILES string of the molecule is CCOC(=O)N1CCC(NC(N)=NCC(O)COc2ccc(C(F)(F)F)cc2)CC1. The minimum absolute atomic E-state index is 0.0266. The van der Waals surface area contributed by atoms with Gasteiger partial charge >= 0.3 is 12.3 Å². The van der Waals surface area contributed by atoms with Gasteiger partial charge in [-0.1, -0.05) is 0 Å². The Morgan fingerprint density at radius 2 is 1.97 bits per heavy atom. The maximum atomic E-state index is 12.5. The van der Waals surface area contributed by atoms with Crippen LogP contribution in [0.2, 0.25) is 0 Å². The Kier molecular flexibility index (Phi) is 8.58. The second-order valence-corrected chi connectivity index (χ2v) is 6.82. The number of hydrogen-bond donors (Lipinski definition) is 3. The molecule has 11 heteroatoms. The zero-order valence-electron chi connectivity index (χ0n) is 16.7. The van der Waals surface area contributed by atoms with Crippen LogP contribution in [0.4, 0.5) is 18.0 Å². The highest BCUT2D eigenvalue weighted by Gasteiger charge is 2.30. The molecule has 1 unspecified atom stereocenters. The van der Waals surface area contributed by atoms with Gasteiger partial charge in [-0.05, 0) is 44.0 Å². The van der Waals surface area contributed by atoms with E-state index in [4.69, 9.17) is 15.2 Å². The number of guanidine groups is 1. The fourth-order valence-electron chi connectivity index (χ4n) is 2.86. The molecule has 1 saturated heterocycles. The van der Waals surface area contributed by atoms with E-state index in [1.54, 1.807) is 11.8 Å². The van der Waals surface area contributed by atoms with Crippen molar-refractivity contribution >= 4 is 12.1 Å². The van der Waals surface area contributed by atoms with Crippen LogP contribution in [0.25, 0.3) is 0 Å². The summed E-state index contributed by atoms with van der Waals surface area (Å²) in [6.45, 7) is 3.02. The molecule has 30 heavy (non-hydrogen) atoms. The summed E-state index contributed by atoms with van der Waals surface area (Å²) in [6.07, 6.45) is -4.33. The van der Waals surface area contributed by atoms with Crippen molar-refractivity contribution in [2.24, 2.45) is 10.7 Å². The van der Waals surface area contributed by atoms with Crippen molar-refractivity contribution in [2.45, 2.75) is 38.1 Å². The van der Waals surface area contributed by atoms with Gasteiger partial charge in [0.05, 0.1) is 18.7 Å². The van der Waals surface area contributed by atoms with Crippen molar-refractivity contribution in [3.8, 4) is 5.75 Å². The summed E-state index contributed by atoms with van der Waals surface area (Å²) in [5, 5.41) is 13.0. The number of piperidine rings is 1. The number of alkyl halides is 3. The summed E-state index contributed by atoms with van der Waals surface area (Å²) in [5.41, 5.74) is 5.06. The van der Waals surface area contributed by atoms with Crippen LogP contribution < -0.4 is 15.8 Å². The van der Waals surface area contributed by atoms with Crippen LogP contribution in [0.5, 0.6) is 5.75 Å². The van der Waals surface area contributed by atoms with Crippen molar-refractivity contribution in [3.05, 3.63) is 29.8 Å². The molecule has 0 bridgehead atoms. The van der Waals surface area contributed by atoms with Gasteiger partial charge in [0.1, 0.15) is 18.5 Å². The number of halogens is 3. The largest absolute Gasteiger partial charge is 0.491 e. The number of carbonyl (C=O) groups excluding carboxylic acids is 1. The van der Waals surface area contributed by atoms with Crippen molar-refractivity contribution < 1.29 is 32.5 Å². The lowest BCUT2D eigenvalue weighted by atomic mass is 10.1. The highest BCUT2D eigenvalue weighted by Crippen LogP contribution is 2.30. The molecule has 1 aromatic carbocycles. The molecule has 0 radical (unpaired) electrons. The first kappa shape index (κ1) is 23.6. The van der Waals surface area contributed by atoms with E-state index in [0.29, 0.717) is 32.5 Å². The fraction of sp³-hybridized carbons (Fsp3) is 0.579. The molecule has 2 rings (SSSR count). The highest BCUT2D eigenvalue weighted by atomic mass is 19.4. The fourth-order valence-corrected chi connectivity index (χ4v) is 2.86. The first-order valence-corrected chi connectivity index (χ1v) is 9.65. The third-order valence-corrected chi connectivity index (χ3v) is 4.47. The Morgan fingerprint density at radius 1 is 1.33 bits per heavy atom. The number of nitrogens with one attached hydrogen (secondary N) is 1. The first-order valence-electron chi connectivity index (χ1n) is 9.65. The van der Waals surface area contributed by atoms with Crippen molar-refractivity contribution in [3.63, 3.8) is 0 Å². The summed E-state index contributed by atoms with van der Waals surface area (Å²) < 4.78 is 47.8. The molecule has 8 nitrogen and oxygen atoms in total. The summed E-state index contributed by atoms with van der Waals surface area (Å²) in [5.74, 6) is 0.378. The minimum atomic E-state index is -4.41. The van der Waals surface area contributed by atoms with Crippen LogP contribution in [0.3, 0.4) is 0 Å². The first-order chi connectivity index (χ1) is 14.2. The molecule has 1 heterocycles. The quantitative estimate of drug-likeness (QED) is 0.449. The van der Waals surface area contributed by atoms with Crippen LogP contribution >= 0.6 is 0 Å². The monoisotopic (exact) mass is 432 g/mol. The van der Waals surface area contributed by atoms with Gasteiger partial charge in [0.2, 0.25) is 0 Å². The van der Waals surface area contributed by atoms with Gasteiger partial charge in [-0.25, -0.2) is 4.79 Å². The van der Waals surface area contributed by atoms with Crippen LogP contribution in [-0.2, 0) is 10.9 Å². The topological polar surface area (TPSA) is 109 Å². The number of ether oxygens (including phenoxy) is 2. The van der Waals surface area contributed by atoms with Gasteiger partial charge in [0, 0.05) is 19.1 Å². The van der Waals surface area contributed by atoms with Gasteiger partial charge in [-0.2, -0.15) is 13.2 Å². The molecule has 1 aliphatic rings. The van der Waals surface area contributed by atoms with E-state index in [1.807, 2.05) is 0 Å². The maximum absolute atomic E-state index is 12.5. The van der Waals surface area contributed by atoms with Gasteiger partial charge in [0.25, 0.3) is 0 Å². The van der Waals surface area contributed by atoms with Crippen LogP contribution in [0, 0.1) is 0 Å². The number of aliphatic hydroxyl groups is 1. The Hall–Kier alpha value is -2.69. The average molecular weight is 432 g/mol. The van der Waals surface area contributed by atoms with Gasteiger partial charge < -0.3 is 30.5 Å². The molecule has 0 spiro atoms. The molecule has 1 aliphatic heterocycles. The van der Waals surface area contributed by atoms with E-state index in [1.165, 1.54) is 12.1 Å². The number of rotatable bonds is 7. The van der Waals surface area contributed by atoms with E-state index in [2.05, 4.69) is 10.3 Å². The lowest BCUT2D eigenvalue weighted by molar-refractivity contribution is -0.137. The van der Waals surface area contributed by atoms with Crippen LogP contribution in [-0.4, -0.2) is 67.1 Å². The van der Waals surface area contributed by atoms with E-state index in [9.17, 15) is 23.1 Å². The Labute approximate surface area is 172 Å². The molecule has 1 fully saturated rings. The van der Waals surface area contributed by atoms with E-state index < -0.39 is 17.8 Å². The van der Waals surface area contributed by atoms with E-state index in [0.717, 1.165) is 12.1 Å². The van der Waals surface area contributed by atoms with Gasteiger partial charge in [-0.15, -0.1) is 0 Å². The zero-order valence-corrected chi connectivity index (χ0v) is 16.7. The molecule has 0 aliphatic carbocycles. The zero-order chi connectivity index (χ0) is 22.1. The molecule has 1 amide bonds. The van der Waals surface area contributed by atoms with Crippen LogP contribution in [0.15, 0.2) is 29.3 Å². The Morgan fingerprint density at radius 3 is 2.53 bits per heavy atom. The number of benzene rings is 1. The second kappa shape index (κ2) is 10.9. The number of aliphatic hydroxyl groups excluding tert-OH is 1. The molecule has 0 saturated carbocycles. The third kappa shape index (κ3) is 7.62. The van der Waals surface area contributed by atoms with Crippen molar-refractivity contribution in [2.75, 3.05) is 32.8 Å².